The number of nitrogens with zero attached hydrogens (tertiary/aromatic N) is 1. The average Bonchev–Trinajstić information content (AvgIpc) is 2.31. The number of carboxylic acid groups (broad SMARTS) is 1. The van der Waals surface area contributed by atoms with Crippen molar-refractivity contribution in [1.82, 2.24) is 0 Å². The molecule has 0 saturated carbocycles. The number of rotatable bonds is 6. The van der Waals surface area contributed by atoms with Crippen LogP contribution in [0.15, 0.2) is 18.2 Å². The van der Waals surface area contributed by atoms with E-state index in [1.54, 1.807) is 13.2 Å². The Morgan fingerprint density at radius 3 is 2.76 bits per heavy atom. The average molecular weight is 238 g/mol. The third-order valence-corrected chi connectivity index (χ3v) is 2.60. The highest BCUT2D eigenvalue weighted by Crippen LogP contribution is 2.26. The molecule has 0 amide bonds. The number of carboxylic acids is 1. The molecule has 0 heterocycles. The largest absolute Gasteiger partial charge is 0.478 e. The molecule has 0 fully saturated rings. The van der Waals surface area contributed by atoms with Crippen LogP contribution in [0.3, 0.4) is 0 Å². The predicted molar refractivity (Wildman–Crippen MR) is 67.6 cm³/mol. The molecule has 1 rings (SSSR count). The SMILES string of the molecule is CCN(CCOC)c1cccc(C(=O)O)c1N. The van der Waals surface area contributed by atoms with Crippen LogP contribution in [0, 0.1) is 0 Å². The lowest BCUT2D eigenvalue weighted by Gasteiger charge is -2.24. The number of nitrogen functional groups attached to an aromatic ring is 1. The molecule has 0 atom stereocenters. The third-order valence-electron chi connectivity index (χ3n) is 2.60. The molecular formula is C12H18N2O3. The van der Waals surface area contributed by atoms with Crippen LogP contribution in [0.25, 0.3) is 0 Å². The van der Waals surface area contributed by atoms with Gasteiger partial charge in [0.25, 0.3) is 0 Å². The third kappa shape index (κ3) is 3.10. The summed E-state index contributed by atoms with van der Waals surface area (Å²) in [4.78, 5) is 13.0. The van der Waals surface area contributed by atoms with Crippen LogP contribution in [0.4, 0.5) is 11.4 Å². The Bertz CT molecular complexity index is 393. The Labute approximate surface area is 101 Å². The van der Waals surface area contributed by atoms with Gasteiger partial charge in [0.2, 0.25) is 0 Å². The summed E-state index contributed by atoms with van der Waals surface area (Å²) >= 11 is 0. The summed E-state index contributed by atoms with van der Waals surface area (Å²) in [6.45, 7) is 3.99. The molecular weight excluding hydrogens is 220 g/mol. The van der Waals surface area contributed by atoms with Crippen molar-refractivity contribution in [1.29, 1.82) is 0 Å². The molecule has 0 radical (unpaired) electrons. The molecule has 94 valence electrons. The van der Waals surface area contributed by atoms with Crippen LogP contribution in [-0.2, 0) is 4.74 Å². The number of carbonyl (C=O) groups is 1. The molecule has 0 spiro atoms. The van der Waals surface area contributed by atoms with Crippen LogP contribution < -0.4 is 10.6 Å². The maximum Gasteiger partial charge on any atom is 0.337 e. The van der Waals surface area contributed by atoms with Gasteiger partial charge in [-0.05, 0) is 19.1 Å². The highest BCUT2D eigenvalue weighted by Gasteiger charge is 2.14. The van der Waals surface area contributed by atoms with E-state index in [1.807, 2.05) is 17.9 Å². The Kier molecular flexibility index (Phi) is 4.78. The van der Waals surface area contributed by atoms with E-state index in [0.717, 1.165) is 12.2 Å². The number of ether oxygens (including phenoxy) is 1. The zero-order valence-corrected chi connectivity index (χ0v) is 10.1. The minimum Gasteiger partial charge on any atom is -0.478 e. The van der Waals surface area contributed by atoms with Crippen molar-refractivity contribution in [2.24, 2.45) is 0 Å². The van der Waals surface area contributed by atoms with E-state index in [4.69, 9.17) is 15.6 Å². The summed E-state index contributed by atoms with van der Waals surface area (Å²) < 4.78 is 5.01. The number of nitrogens with two attached hydrogens (primary N) is 1. The Morgan fingerprint density at radius 1 is 1.53 bits per heavy atom. The first-order valence-electron chi connectivity index (χ1n) is 5.47. The summed E-state index contributed by atoms with van der Waals surface area (Å²) in [6, 6.07) is 5.02. The van der Waals surface area contributed by atoms with Crippen LogP contribution in [0.2, 0.25) is 0 Å². The number of benzene rings is 1. The Balaban J connectivity index is 3.03. The lowest BCUT2D eigenvalue weighted by Crippen LogP contribution is -2.28. The van der Waals surface area contributed by atoms with Crippen molar-refractivity contribution < 1.29 is 14.6 Å². The van der Waals surface area contributed by atoms with E-state index in [2.05, 4.69) is 0 Å². The molecule has 0 bridgehead atoms. The van der Waals surface area contributed by atoms with Gasteiger partial charge in [0, 0.05) is 20.2 Å². The number of para-hydroxylation sites is 1. The molecule has 5 nitrogen and oxygen atoms in total. The first-order valence-corrected chi connectivity index (χ1v) is 5.47. The Morgan fingerprint density at radius 2 is 2.24 bits per heavy atom. The lowest BCUT2D eigenvalue weighted by molar-refractivity contribution is 0.0698. The van der Waals surface area contributed by atoms with Crippen LogP contribution >= 0.6 is 0 Å². The van der Waals surface area contributed by atoms with Gasteiger partial charge in [-0.1, -0.05) is 6.07 Å². The molecule has 1 aromatic rings. The first kappa shape index (κ1) is 13.3. The van der Waals surface area contributed by atoms with Crippen molar-refractivity contribution in [2.75, 3.05) is 37.4 Å². The van der Waals surface area contributed by atoms with Crippen molar-refractivity contribution in [2.45, 2.75) is 6.92 Å². The fraction of sp³-hybridized carbons (Fsp3) is 0.417. The zero-order chi connectivity index (χ0) is 12.8. The minimum atomic E-state index is -1.01. The number of hydrogen-bond acceptors (Lipinski definition) is 4. The van der Waals surface area contributed by atoms with Crippen molar-refractivity contribution in [3.05, 3.63) is 23.8 Å². The molecule has 0 saturated heterocycles. The van der Waals surface area contributed by atoms with E-state index in [1.165, 1.54) is 6.07 Å². The summed E-state index contributed by atoms with van der Waals surface area (Å²) in [6.07, 6.45) is 0. The van der Waals surface area contributed by atoms with Gasteiger partial charge in [-0.15, -0.1) is 0 Å². The fourth-order valence-corrected chi connectivity index (χ4v) is 1.67. The number of likely N-dealkylation sites (N-methyl/N-ethyl adjacent to an activating group) is 1. The van der Waals surface area contributed by atoms with Crippen LogP contribution in [0.5, 0.6) is 0 Å². The summed E-state index contributed by atoms with van der Waals surface area (Å²) in [5, 5.41) is 9.00. The van der Waals surface area contributed by atoms with Gasteiger partial charge in [-0.25, -0.2) is 4.79 Å². The van der Waals surface area contributed by atoms with Gasteiger partial charge in [0.1, 0.15) is 0 Å². The summed E-state index contributed by atoms with van der Waals surface area (Å²) in [5.74, 6) is -1.01. The van der Waals surface area contributed by atoms with E-state index in [-0.39, 0.29) is 5.56 Å². The zero-order valence-electron chi connectivity index (χ0n) is 10.1. The smallest absolute Gasteiger partial charge is 0.337 e. The summed E-state index contributed by atoms with van der Waals surface area (Å²) in [5.41, 5.74) is 7.05. The number of hydrogen-bond donors (Lipinski definition) is 2. The molecule has 0 aromatic heterocycles. The van der Waals surface area contributed by atoms with Crippen molar-refractivity contribution in [3.63, 3.8) is 0 Å². The van der Waals surface area contributed by atoms with Gasteiger partial charge in [-0.2, -0.15) is 0 Å². The highest BCUT2D eigenvalue weighted by atomic mass is 16.5. The molecule has 5 heteroatoms. The highest BCUT2D eigenvalue weighted by molar-refractivity contribution is 5.97. The summed E-state index contributed by atoms with van der Waals surface area (Å²) in [7, 11) is 1.63. The number of methoxy groups -OCH3 is 1. The monoisotopic (exact) mass is 238 g/mol. The Hall–Kier alpha value is -1.75. The number of aromatic carboxylic acids is 1. The fourth-order valence-electron chi connectivity index (χ4n) is 1.67. The predicted octanol–water partition coefficient (Wildman–Crippen LogP) is 1.44. The molecule has 0 aliphatic heterocycles. The second kappa shape index (κ2) is 6.10. The first-order chi connectivity index (χ1) is 8.11. The second-order valence-corrected chi connectivity index (χ2v) is 3.62. The van der Waals surface area contributed by atoms with Crippen molar-refractivity contribution in [3.8, 4) is 0 Å². The molecule has 0 unspecified atom stereocenters. The maximum atomic E-state index is 11.0. The molecule has 3 N–H and O–H groups in total. The van der Waals surface area contributed by atoms with Gasteiger partial charge >= 0.3 is 5.97 Å². The normalized spacial score (nSPS) is 10.2. The molecule has 1 aromatic carbocycles. The lowest BCUT2D eigenvalue weighted by atomic mass is 10.1. The molecule has 0 aliphatic rings. The van der Waals surface area contributed by atoms with E-state index in [9.17, 15) is 4.79 Å². The van der Waals surface area contributed by atoms with Gasteiger partial charge < -0.3 is 20.5 Å². The molecule has 0 aliphatic carbocycles. The number of anilines is 2. The van der Waals surface area contributed by atoms with E-state index >= 15 is 0 Å². The second-order valence-electron chi connectivity index (χ2n) is 3.62. The van der Waals surface area contributed by atoms with Gasteiger partial charge in [0.05, 0.1) is 23.5 Å². The minimum absolute atomic E-state index is 0.137. The topological polar surface area (TPSA) is 75.8 Å². The quantitative estimate of drug-likeness (QED) is 0.733. The van der Waals surface area contributed by atoms with E-state index in [0.29, 0.717) is 18.8 Å². The van der Waals surface area contributed by atoms with E-state index < -0.39 is 5.97 Å². The van der Waals surface area contributed by atoms with Crippen molar-refractivity contribution >= 4 is 17.3 Å². The van der Waals surface area contributed by atoms with Crippen LogP contribution in [-0.4, -0.2) is 37.9 Å². The molecule has 17 heavy (non-hydrogen) atoms. The van der Waals surface area contributed by atoms with Gasteiger partial charge in [-0.3, -0.25) is 0 Å². The van der Waals surface area contributed by atoms with Gasteiger partial charge in [0.15, 0.2) is 0 Å². The standard InChI is InChI=1S/C12H18N2O3/c1-3-14(7-8-17-2)10-6-4-5-9(11(10)13)12(15)16/h4-6H,3,7-8,13H2,1-2H3,(H,15,16). The van der Waals surface area contributed by atoms with Crippen LogP contribution in [0.1, 0.15) is 17.3 Å². The maximum absolute atomic E-state index is 11.0.